The number of hydrogen-bond acceptors (Lipinski definition) is 6. The van der Waals surface area contributed by atoms with Gasteiger partial charge in [0, 0.05) is 0 Å². The van der Waals surface area contributed by atoms with Gasteiger partial charge in [0.15, 0.2) is 5.60 Å². The van der Waals surface area contributed by atoms with E-state index in [-0.39, 0.29) is 13.0 Å². The van der Waals surface area contributed by atoms with Gasteiger partial charge >= 0.3 is 11.9 Å². The van der Waals surface area contributed by atoms with Crippen LogP contribution in [0.2, 0.25) is 0 Å². The number of esters is 2. The highest BCUT2D eigenvalue weighted by atomic mass is 16.5. The number of methoxy groups -OCH3 is 2. The summed E-state index contributed by atoms with van der Waals surface area (Å²) in [7, 11) is 2.30. The first-order valence-corrected chi connectivity index (χ1v) is 4.08. The SMILES string of the molecule is COC(=O)CC(O)(CCN)C(=O)OC. The lowest BCUT2D eigenvalue weighted by molar-refractivity contribution is -0.169. The second-order valence-electron chi connectivity index (χ2n) is 2.81. The number of ether oxygens (including phenoxy) is 2. The molecule has 0 aromatic heterocycles. The fraction of sp³-hybridized carbons (Fsp3) is 0.750. The molecule has 0 bridgehead atoms. The van der Waals surface area contributed by atoms with E-state index in [9.17, 15) is 14.7 Å². The van der Waals surface area contributed by atoms with Crippen LogP contribution in [0.5, 0.6) is 0 Å². The summed E-state index contributed by atoms with van der Waals surface area (Å²) in [5.41, 5.74) is 3.33. The lowest BCUT2D eigenvalue weighted by Crippen LogP contribution is -2.43. The molecule has 0 amide bonds. The first kappa shape index (κ1) is 12.9. The summed E-state index contributed by atoms with van der Waals surface area (Å²) in [5, 5.41) is 9.73. The van der Waals surface area contributed by atoms with Crippen molar-refractivity contribution in [3.05, 3.63) is 0 Å². The Morgan fingerprint density at radius 1 is 1.36 bits per heavy atom. The molecular weight excluding hydrogens is 190 g/mol. The maximum atomic E-state index is 11.1. The Bertz CT molecular complexity index is 218. The quantitative estimate of drug-likeness (QED) is 0.547. The van der Waals surface area contributed by atoms with Crippen LogP contribution in [0, 0.1) is 0 Å². The van der Waals surface area contributed by atoms with Crippen molar-refractivity contribution in [3.63, 3.8) is 0 Å². The minimum absolute atomic E-state index is 0.0469. The van der Waals surface area contributed by atoms with E-state index in [0.29, 0.717) is 0 Å². The second-order valence-corrected chi connectivity index (χ2v) is 2.81. The van der Waals surface area contributed by atoms with Crippen LogP contribution in [0.4, 0.5) is 0 Å². The van der Waals surface area contributed by atoms with Crippen LogP contribution in [-0.2, 0) is 19.1 Å². The lowest BCUT2D eigenvalue weighted by atomic mass is 9.96. The van der Waals surface area contributed by atoms with E-state index in [2.05, 4.69) is 9.47 Å². The molecule has 3 N–H and O–H groups in total. The number of hydrogen-bond donors (Lipinski definition) is 2. The summed E-state index contributed by atoms with van der Waals surface area (Å²) in [6, 6.07) is 0. The highest BCUT2D eigenvalue weighted by Gasteiger charge is 2.39. The van der Waals surface area contributed by atoms with E-state index in [4.69, 9.17) is 5.73 Å². The average Bonchev–Trinajstić information content (AvgIpc) is 2.16. The highest BCUT2D eigenvalue weighted by molar-refractivity contribution is 5.85. The Morgan fingerprint density at radius 2 is 1.93 bits per heavy atom. The maximum absolute atomic E-state index is 11.1. The molecule has 6 nitrogen and oxygen atoms in total. The van der Waals surface area contributed by atoms with E-state index >= 15 is 0 Å². The van der Waals surface area contributed by atoms with Crippen molar-refractivity contribution in [2.45, 2.75) is 18.4 Å². The van der Waals surface area contributed by atoms with Gasteiger partial charge < -0.3 is 20.3 Å². The van der Waals surface area contributed by atoms with E-state index in [0.717, 1.165) is 7.11 Å². The Kier molecular flexibility index (Phi) is 5.11. The molecule has 0 saturated heterocycles. The van der Waals surface area contributed by atoms with Crippen molar-refractivity contribution >= 4 is 11.9 Å². The third-order valence-corrected chi connectivity index (χ3v) is 1.79. The number of rotatable bonds is 5. The molecule has 0 radical (unpaired) electrons. The molecule has 0 aromatic carbocycles. The standard InChI is InChI=1S/C8H15NO5/c1-13-6(10)5-8(12,3-4-9)7(11)14-2/h12H,3-5,9H2,1-2H3. The highest BCUT2D eigenvalue weighted by Crippen LogP contribution is 2.17. The van der Waals surface area contributed by atoms with Gasteiger partial charge in [0.25, 0.3) is 0 Å². The molecule has 1 atom stereocenters. The van der Waals surface area contributed by atoms with Gasteiger partial charge in [-0.25, -0.2) is 4.79 Å². The normalized spacial score (nSPS) is 14.3. The number of carbonyl (C=O) groups excluding carboxylic acids is 2. The van der Waals surface area contributed by atoms with Crippen LogP contribution in [0.1, 0.15) is 12.8 Å². The minimum Gasteiger partial charge on any atom is -0.469 e. The summed E-state index contributed by atoms with van der Waals surface area (Å²) in [5.74, 6) is -1.57. The first-order chi connectivity index (χ1) is 6.50. The van der Waals surface area contributed by atoms with Gasteiger partial charge in [-0.2, -0.15) is 0 Å². The van der Waals surface area contributed by atoms with Crippen LogP contribution in [0.15, 0.2) is 0 Å². The van der Waals surface area contributed by atoms with Crippen LogP contribution in [0.25, 0.3) is 0 Å². The van der Waals surface area contributed by atoms with Crippen LogP contribution in [0.3, 0.4) is 0 Å². The number of carbonyl (C=O) groups is 2. The molecular formula is C8H15NO5. The second kappa shape index (κ2) is 5.56. The van der Waals surface area contributed by atoms with Crippen molar-refractivity contribution in [3.8, 4) is 0 Å². The van der Waals surface area contributed by atoms with E-state index < -0.39 is 24.0 Å². The summed E-state index contributed by atoms with van der Waals surface area (Å²) < 4.78 is 8.70. The first-order valence-electron chi connectivity index (χ1n) is 4.08. The van der Waals surface area contributed by atoms with Crippen molar-refractivity contribution in [1.29, 1.82) is 0 Å². The van der Waals surface area contributed by atoms with E-state index in [1.807, 2.05) is 0 Å². The van der Waals surface area contributed by atoms with Gasteiger partial charge in [0.1, 0.15) is 0 Å². The Labute approximate surface area is 82.0 Å². The van der Waals surface area contributed by atoms with Gasteiger partial charge in [0.2, 0.25) is 0 Å². The molecule has 0 heterocycles. The predicted molar refractivity (Wildman–Crippen MR) is 47.3 cm³/mol. The van der Waals surface area contributed by atoms with Gasteiger partial charge in [0.05, 0.1) is 20.6 Å². The molecule has 0 spiro atoms. The summed E-state index contributed by atoms with van der Waals surface area (Å²) >= 11 is 0. The summed E-state index contributed by atoms with van der Waals surface area (Å²) in [6.45, 7) is 0.0720. The molecule has 82 valence electrons. The Hall–Kier alpha value is -1.14. The van der Waals surface area contributed by atoms with E-state index in [1.165, 1.54) is 7.11 Å². The molecule has 0 aliphatic rings. The zero-order chi connectivity index (χ0) is 11.2. The molecule has 0 aromatic rings. The number of aliphatic hydroxyl groups is 1. The van der Waals surface area contributed by atoms with Crippen molar-refractivity contribution < 1.29 is 24.2 Å². The van der Waals surface area contributed by atoms with Crippen LogP contribution < -0.4 is 5.73 Å². The molecule has 14 heavy (non-hydrogen) atoms. The molecule has 6 heteroatoms. The van der Waals surface area contributed by atoms with Crippen molar-refractivity contribution in [1.82, 2.24) is 0 Å². The van der Waals surface area contributed by atoms with E-state index in [1.54, 1.807) is 0 Å². The maximum Gasteiger partial charge on any atom is 0.338 e. The summed E-state index contributed by atoms with van der Waals surface area (Å²) in [4.78, 5) is 22.0. The van der Waals surface area contributed by atoms with Crippen LogP contribution in [-0.4, -0.2) is 43.4 Å². The molecule has 0 saturated carbocycles. The summed E-state index contributed by atoms with van der Waals surface area (Å²) in [6.07, 6.45) is -0.498. The van der Waals surface area contributed by atoms with Crippen LogP contribution >= 0.6 is 0 Å². The third-order valence-electron chi connectivity index (χ3n) is 1.79. The fourth-order valence-electron chi connectivity index (χ4n) is 1.00. The number of nitrogens with two attached hydrogens (primary N) is 1. The third kappa shape index (κ3) is 3.31. The predicted octanol–water partition coefficient (Wildman–Crippen LogP) is -1.20. The zero-order valence-electron chi connectivity index (χ0n) is 8.28. The van der Waals surface area contributed by atoms with Gasteiger partial charge in [-0.3, -0.25) is 4.79 Å². The van der Waals surface area contributed by atoms with Crippen molar-refractivity contribution in [2.24, 2.45) is 5.73 Å². The Balaban J connectivity index is 4.54. The molecule has 1 unspecified atom stereocenters. The molecule has 0 rings (SSSR count). The monoisotopic (exact) mass is 205 g/mol. The van der Waals surface area contributed by atoms with Gasteiger partial charge in [-0.1, -0.05) is 0 Å². The lowest BCUT2D eigenvalue weighted by Gasteiger charge is -2.22. The van der Waals surface area contributed by atoms with Gasteiger partial charge in [-0.15, -0.1) is 0 Å². The Morgan fingerprint density at radius 3 is 2.29 bits per heavy atom. The minimum atomic E-state index is -1.88. The average molecular weight is 205 g/mol. The fourth-order valence-corrected chi connectivity index (χ4v) is 1.00. The molecule has 0 aliphatic heterocycles. The smallest absolute Gasteiger partial charge is 0.338 e. The van der Waals surface area contributed by atoms with Crippen molar-refractivity contribution in [2.75, 3.05) is 20.8 Å². The largest absolute Gasteiger partial charge is 0.469 e. The topological polar surface area (TPSA) is 98.9 Å². The zero-order valence-corrected chi connectivity index (χ0v) is 8.28. The molecule has 0 aliphatic carbocycles. The molecule has 0 fully saturated rings. The van der Waals surface area contributed by atoms with Gasteiger partial charge in [-0.05, 0) is 13.0 Å².